The number of benzene rings is 5. The van der Waals surface area contributed by atoms with Crippen molar-refractivity contribution in [1.82, 2.24) is 5.32 Å². The predicted octanol–water partition coefficient (Wildman–Crippen LogP) is 11.3. The van der Waals surface area contributed by atoms with Gasteiger partial charge in [-0.05, 0) is 75.2 Å². The van der Waals surface area contributed by atoms with Crippen LogP contribution in [0.4, 0.5) is 0 Å². The summed E-state index contributed by atoms with van der Waals surface area (Å²) in [6, 6.07) is 44.8. The third-order valence-electron chi connectivity index (χ3n) is 9.03. The molecule has 0 fully saturated rings. The van der Waals surface area contributed by atoms with Crippen molar-refractivity contribution >= 4 is 17.2 Å². The van der Waals surface area contributed by atoms with E-state index in [-0.39, 0.29) is 11.6 Å². The second-order valence-corrected chi connectivity index (χ2v) is 12.3. The summed E-state index contributed by atoms with van der Waals surface area (Å²) in [6.45, 7) is 14.8. The zero-order valence-electron chi connectivity index (χ0n) is 28.5. The third kappa shape index (κ3) is 6.24. The molecule has 7 rings (SSSR count). The van der Waals surface area contributed by atoms with Crippen molar-refractivity contribution in [1.29, 1.82) is 0 Å². The molecule has 0 spiro atoms. The molecule has 0 saturated heterocycles. The van der Waals surface area contributed by atoms with E-state index in [9.17, 15) is 0 Å². The summed E-state index contributed by atoms with van der Waals surface area (Å²) >= 11 is 0. The van der Waals surface area contributed by atoms with Gasteiger partial charge in [-0.1, -0.05) is 162 Å². The second kappa shape index (κ2) is 14.1. The highest BCUT2D eigenvalue weighted by Crippen LogP contribution is 2.48. The Kier molecular flexibility index (Phi) is 9.50. The standard InChI is InChI=1S/C43H37N3.C2H6/c1-5-15-36-37-28-34(24-25-39(37)43(3,4)38(36)6-2)32-21-13-20-31(26-32)33-22-14-23-35(27-33)42-45-40(29-16-9-7-10-17-29)44-41(46-42)30-18-11-8-12-19-30;1-2/h5-28,40H,2H2,1,3-4H3,(H,44,45,46);1-2H3/b15-5-;. The van der Waals surface area contributed by atoms with Gasteiger partial charge in [0.15, 0.2) is 6.17 Å². The Balaban J connectivity index is 0.00000197. The maximum absolute atomic E-state index is 5.08. The largest absolute Gasteiger partial charge is 0.324 e. The van der Waals surface area contributed by atoms with Crippen molar-refractivity contribution in [2.45, 2.75) is 46.2 Å². The van der Waals surface area contributed by atoms with E-state index >= 15 is 0 Å². The maximum Gasteiger partial charge on any atom is 0.169 e. The number of fused-ring (bicyclic) bond motifs is 1. The molecule has 3 heteroatoms. The minimum absolute atomic E-state index is 0.0762. The minimum Gasteiger partial charge on any atom is -0.324 e. The van der Waals surface area contributed by atoms with Gasteiger partial charge in [0.05, 0.1) is 0 Å². The third-order valence-corrected chi connectivity index (χ3v) is 9.03. The molecule has 2 aliphatic rings. The number of rotatable bonds is 7. The molecule has 1 atom stereocenters. The zero-order chi connectivity index (χ0) is 33.7. The first-order valence-electron chi connectivity index (χ1n) is 16.9. The quantitative estimate of drug-likeness (QED) is 0.192. The van der Waals surface area contributed by atoms with Gasteiger partial charge in [0.1, 0.15) is 11.7 Å². The number of nitrogens with zero attached hydrogens (tertiary/aromatic N) is 2. The van der Waals surface area contributed by atoms with E-state index in [1.54, 1.807) is 0 Å². The fraction of sp³-hybridized carbons (Fsp3) is 0.156. The van der Waals surface area contributed by atoms with Crippen LogP contribution < -0.4 is 5.32 Å². The number of aliphatic imine (C=N–C) groups is 2. The van der Waals surface area contributed by atoms with Crippen molar-refractivity contribution in [2.75, 3.05) is 0 Å². The smallest absolute Gasteiger partial charge is 0.169 e. The number of allylic oxidation sites excluding steroid dienone is 5. The average Bonchev–Trinajstić information content (AvgIpc) is 3.37. The lowest BCUT2D eigenvalue weighted by Gasteiger charge is -2.23. The van der Waals surface area contributed by atoms with E-state index < -0.39 is 0 Å². The van der Waals surface area contributed by atoms with Gasteiger partial charge in [-0.15, -0.1) is 0 Å². The van der Waals surface area contributed by atoms with Gasteiger partial charge in [0.25, 0.3) is 0 Å². The van der Waals surface area contributed by atoms with E-state index in [0.717, 1.165) is 39.5 Å². The molecular formula is C45H43N3. The first kappa shape index (κ1) is 32.4. The summed E-state index contributed by atoms with van der Waals surface area (Å²) in [7, 11) is 0. The maximum atomic E-state index is 5.08. The molecule has 0 amide bonds. The fourth-order valence-corrected chi connectivity index (χ4v) is 6.67. The van der Waals surface area contributed by atoms with Crippen LogP contribution in [0.15, 0.2) is 168 Å². The van der Waals surface area contributed by atoms with Gasteiger partial charge in [0, 0.05) is 16.5 Å². The van der Waals surface area contributed by atoms with Gasteiger partial charge in [-0.3, -0.25) is 0 Å². The molecule has 1 aliphatic carbocycles. The molecule has 48 heavy (non-hydrogen) atoms. The molecule has 1 aliphatic heterocycles. The van der Waals surface area contributed by atoms with Gasteiger partial charge in [-0.2, -0.15) is 0 Å². The zero-order valence-corrected chi connectivity index (χ0v) is 28.5. The van der Waals surface area contributed by atoms with Crippen LogP contribution in [0, 0.1) is 0 Å². The molecular weight excluding hydrogens is 583 g/mol. The van der Waals surface area contributed by atoms with Crippen LogP contribution in [-0.2, 0) is 5.41 Å². The molecule has 1 heterocycles. The second-order valence-electron chi connectivity index (χ2n) is 12.3. The topological polar surface area (TPSA) is 36.8 Å². The summed E-state index contributed by atoms with van der Waals surface area (Å²) in [5, 5.41) is 3.54. The van der Waals surface area contributed by atoms with E-state index in [1.165, 1.54) is 33.4 Å². The first-order valence-corrected chi connectivity index (χ1v) is 16.9. The summed E-state index contributed by atoms with van der Waals surface area (Å²) in [5.41, 5.74) is 12.9. The molecule has 3 nitrogen and oxygen atoms in total. The van der Waals surface area contributed by atoms with E-state index in [1.807, 2.05) is 56.3 Å². The molecule has 5 aromatic rings. The highest BCUT2D eigenvalue weighted by molar-refractivity contribution is 6.16. The Hall–Kier alpha value is -5.54. The van der Waals surface area contributed by atoms with Crippen LogP contribution in [0.2, 0.25) is 0 Å². The Bertz CT molecular complexity index is 2060. The lowest BCUT2D eigenvalue weighted by molar-refractivity contribution is 0.654. The molecule has 5 aromatic carbocycles. The van der Waals surface area contributed by atoms with Crippen LogP contribution in [0.5, 0.6) is 0 Å². The lowest BCUT2D eigenvalue weighted by Crippen LogP contribution is -2.36. The minimum atomic E-state index is -0.326. The van der Waals surface area contributed by atoms with Crippen molar-refractivity contribution < 1.29 is 0 Å². The first-order chi connectivity index (χ1) is 23.5. The molecule has 0 bridgehead atoms. The monoisotopic (exact) mass is 625 g/mol. The summed E-state index contributed by atoms with van der Waals surface area (Å²) in [6.07, 6.45) is 6.03. The normalized spacial score (nSPS) is 16.3. The predicted molar refractivity (Wildman–Crippen MR) is 205 cm³/mol. The molecule has 0 radical (unpaired) electrons. The molecule has 0 saturated carbocycles. The van der Waals surface area contributed by atoms with E-state index in [0.29, 0.717) is 0 Å². The molecule has 0 aromatic heterocycles. The van der Waals surface area contributed by atoms with Crippen molar-refractivity contribution in [3.63, 3.8) is 0 Å². The number of amidine groups is 2. The number of nitrogens with one attached hydrogen (secondary N) is 1. The molecule has 238 valence electrons. The Morgan fingerprint density at radius 3 is 1.75 bits per heavy atom. The van der Waals surface area contributed by atoms with Crippen molar-refractivity contribution in [3.8, 4) is 22.3 Å². The highest BCUT2D eigenvalue weighted by Gasteiger charge is 2.35. The SMILES string of the molecule is C=CC1=C(/C=C\C)c2cc(-c3cccc(-c4cccc(C5=NC(c6ccccc6)N=C(c6ccccc6)N5)c4)c3)ccc2C1(C)C.CC. The van der Waals surface area contributed by atoms with Crippen molar-refractivity contribution in [2.24, 2.45) is 9.98 Å². The van der Waals surface area contributed by atoms with Crippen LogP contribution >= 0.6 is 0 Å². The number of hydrogen-bond acceptors (Lipinski definition) is 3. The Morgan fingerprint density at radius 2 is 1.15 bits per heavy atom. The number of hydrogen-bond donors (Lipinski definition) is 1. The fourth-order valence-electron chi connectivity index (χ4n) is 6.67. The summed E-state index contributed by atoms with van der Waals surface area (Å²) in [4.78, 5) is 10.1. The van der Waals surface area contributed by atoms with Gasteiger partial charge >= 0.3 is 0 Å². The molecule has 1 unspecified atom stereocenters. The van der Waals surface area contributed by atoms with Crippen molar-refractivity contribution in [3.05, 3.63) is 186 Å². The Morgan fingerprint density at radius 1 is 0.625 bits per heavy atom. The van der Waals surface area contributed by atoms with Gasteiger partial charge in [-0.25, -0.2) is 9.98 Å². The molecule has 1 N–H and O–H groups in total. The van der Waals surface area contributed by atoms with Gasteiger partial charge in [0.2, 0.25) is 0 Å². The van der Waals surface area contributed by atoms with Crippen LogP contribution in [0.25, 0.3) is 27.8 Å². The van der Waals surface area contributed by atoms with Crippen LogP contribution in [0.3, 0.4) is 0 Å². The van der Waals surface area contributed by atoms with Crippen LogP contribution in [-0.4, -0.2) is 11.7 Å². The summed E-state index contributed by atoms with van der Waals surface area (Å²) < 4.78 is 0. The average molecular weight is 626 g/mol. The van der Waals surface area contributed by atoms with E-state index in [2.05, 4.69) is 136 Å². The summed E-state index contributed by atoms with van der Waals surface area (Å²) in [5.74, 6) is 1.63. The Labute approximate surface area is 285 Å². The highest BCUT2D eigenvalue weighted by atomic mass is 15.2. The van der Waals surface area contributed by atoms with Gasteiger partial charge < -0.3 is 5.32 Å². The lowest BCUT2D eigenvalue weighted by atomic mass is 9.81. The van der Waals surface area contributed by atoms with Crippen LogP contribution in [0.1, 0.15) is 68.6 Å². The van der Waals surface area contributed by atoms with E-state index in [4.69, 9.17) is 9.98 Å².